The molecule has 4 N–H and O–H groups in total. The van der Waals surface area contributed by atoms with Crippen LogP contribution in [0.2, 0.25) is 0 Å². The third-order valence-corrected chi connectivity index (χ3v) is 8.23. The van der Waals surface area contributed by atoms with Crippen LogP contribution in [0.3, 0.4) is 0 Å². The maximum absolute atomic E-state index is 15.0. The van der Waals surface area contributed by atoms with Crippen LogP contribution in [0.4, 0.5) is 14.5 Å². The number of carbonyl (C=O) groups excluding carboxylic acids is 2. The zero-order valence-corrected chi connectivity index (χ0v) is 26.9. The second kappa shape index (κ2) is 13.6. The lowest BCUT2D eigenvalue weighted by Gasteiger charge is -2.20. The minimum absolute atomic E-state index is 0.184. The van der Waals surface area contributed by atoms with Crippen molar-refractivity contribution in [2.24, 2.45) is 7.05 Å². The molecule has 0 aliphatic heterocycles. The van der Waals surface area contributed by atoms with Crippen LogP contribution < -0.4 is 26.6 Å². The quantitative estimate of drug-likeness (QED) is 0.197. The van der Waals surface area contributed by atoms with Crippen molar-refractivity contribution < 1.29 is 36.7 Å². The number of rotatable bonds is 10. The third-order valence-electron chi connectivity index (χ3n) is 6.83. The summed E-state index contributed by atoms with van der Waals surface area (Å²) in [4.78, 5) is 61.3. The van der Waals surface area contributed by atoms with Gasteiger partial charge in [-0.05, 0) is 74.9 Å². The minimum atomic E-state index is -4.38. The van der Waals surface area contributed by atoms with E-state index in [1.54, 1.807) is 20.8 Å². The molecular weight excluding hydrogens is 652 g/mol. The van der Waals surface area contributed by atoms with Crippen LogP contribution in [0, 0.1) is 11.6 Å². The van der Waals surface area contributed by atoms with Crippen molar-refractivity contribution in [3.05, 3.63) is 122 Å². The molecule has 13 nitrogen and oxygen atoms in total. The van der Waals surface area contributed by atoms with Crippen LogP contribution in [0.1, 0.15) is 47.1 Å². The lowest BCUT2D eigenvalue weighted by molar-refractivity contribution is -0.139. The molecule has 0 spiro atoms. The van der Waals surface area contributed by atoms with Gasteiger partial charge < -0.3 is 20.3 Å². The van der Waals surface area contributed by atoms with Gasteiger partial charge in [0.05, 0.1) is 16.3 Å². The molecule has 0 bridgehead atoms. The first-order valence-electron chi connectivity index (χ1n) is 14.2. The molecular formula is C32H31F2N5O8S. The molecule has 0 unspecified atom stereocenters. The average Bonchev–Trinajstić information content (AvgIpc) is 2.98. The second-order valence-corrected chi connectivity index (χ2v) is 13.4. The number of nitrogens with zero attached hydrogens (tertiary/aromatic N) is 2. The molecule has 2 amide bonds. The predicted octanol–water partition coefficient (Wildman–Crippen LogP) is 2.57. The Morgan fingerprint density at radius 1 is 0.896 bits per heavy atom. The topological polar surface area (TPSA) is 186 Å². The van der Waals surface area contributed by atoms with Crippen LogP contribution in [-0.4, -0.2) is 52.0 Å². The number of carboxylic acids is 1. The number of halogens is 2. The first kappa shape index (κ1) is 35.2. The van der Waals surface area contributed by atoms with E-state index in [1.807, 2.05) is 4.72 Å². The minimum Gasteiger partial charge on any atom is -0.480 e. The number of carbonyl (C=O) groups is 3. The number of sulfonamides is 1. The normalized spacial score (nSPS) is 12.2. The summed E-state index contributed by atoms with van der Waals surface area (Å²) >= 11 is 0. The molecule has 1 heterocycles. The van der Waals surface area contributed by atoms with Gasteiger partial charge >= 0.3 is 11.7 Å². The Morgan fingerprint density at radius 3 is 2.02 bits per heavy atom. The highest BCUT2D eigenvalue weighted by atomic mass is 32.2. The number of nitrogens with one attached hydrogen (secondary N) is 3. The highest BCUT2D eigenvalue weighted by Crippen LogP contribution is 2.23. The fourth-order valence-electron chi connectivity index (χ4n) is 4.51. The first-order valence-corrected chi connectivity index (χ1v) is 15.7. The fraction of sp³-hybridized carbons (Fsp3) is 0.219. The number of hydrogen-bond acceptors (Lipinski definition) is 7. The van der Waals surface area contributed by atoms with Crippen molar-refractivity contribution in [3.8, 4) is 5.69 Å². The predicted molar refractivity (Wildman–Crippen MR) is 171 cm³/mol. The van der Waals surface area contributed by atoms with Gasteiger partial charge in [-0.15, -0.1) is 0 Å². The van der Waals surface area contributed by atoms with Crippen LogP contribution >= 0.6 is 0 Å². The molecule has 4 aromatic rings. The Morgan fingerprint density at radius 2 is 1.48 bits per heavy atom. The highest BCUT2D eigenvalue weighted by Gasteiger charge is 2.27. The number of aliphatic carboxylic acids is 1. The van der Waals surface area contributed by atoms with Crippen molar-refractivity contribution >= 4 is 33.5 Å². The molecule has 0 saturated carbocycles. The number of aromatic nitrogens is 2. The molecule has 4 rings (SSSR count). The van der Waals surface area contributed by atoms with Crippen molar-refractivity contribution in [2.75, 3.05) is 4.72 Å². The molecule has 0 fully saturated rings. The molecule has 0 radical (unpaired) electrons. The number of amides is 2. The largest absolute Gasteiger partial charge is 0.480 e. The maximum Gasteiger partial charge on any atom is 0.335 e. The van der Waals surface area contributed by atoms with E-state index in [0.29, 0.717) is 17.7 Å². The van der Waals surface area contributed by atoms with E-state index in [2.05, 4.69) is 10.6 Å². The first-order chi connectivity index (χ1) is 22.4. The molecule has 0 saturated heterocycles. The number of carboxylic acid groups (broad SMARTS) is 1. The van der Waals surface area contributed by atoms with E-state index in [0.717, 1.165) is 16.7 Å². The Hall–Kier alpha value is -5.64. The molecule has 48 heavy (non-hydrogen) atoms. The highest BCUT2D eigenvalue weighted by molar-refractivity contribution is 7.92. The van der Waals surface area contributed by atoms with Gasteiger partial charge in [0.1, 0.15) is 23.2 Å². The summed E-state index contributed by atoms with van der Waals surface area (Å²) in [5, 5.41) is 14.5. The monoisotopic (exact) mass is 683 g/mol. The van der Waals surface area contributed by atoms with Gasteiger partial charge in [0, 0.05) is 36.8 Å². The SMILES string of the molecule is Cn1ccc(=O)n(-c2ccc(C[C@H](NC(=O)c3c(F)cc(NS(=O)(=O)c4ccc(C(=O)NC(C)(C)C)cc4)cc3F)C(=O)O)cc2)c1=O. The molecule has 16 heteroatoms. The number of aryl methyl sites for hydroxylation is 1. The summed E-state index contributed by atoms with van der Waals surface area (Å²) in [5.41, 5.74) is -2.68. The molecule has 1 atom stereocenters. The van der Waals surface area contributed by atoms with Gasteiger partial charge in [-0.1, -0.05) is 12.1 Å². The zero-order chi connectivity index (χ0) is 35.6. The van der Waals surface area contributed by atoms with Gasteiger partial charge in [0.15, 0.2) is 0 Å². The summed E-state index contributed by atoms with van der Waals surface area (Å²) in [7, 11) is -2.92. The second-order valence-electron chi connectivity index (χ2n) is 11.8. The maximum atomic E-state index is 15.0. The van der Waals surface area contributed by atoms with Gasteiger partial charge in [0.2, 0.25) is 0 Å². The van der Waals surface area contributed by atoms with Crippen molar-refractivity contribution in [3.63, 3.8) is 0 Å². The average molecular weight is 684 g/mol. The molecule has 1 aromatic heterocycles. The Labute approximate surface area is 272 Å². The smallest absolute Gasteiger partial charge is 0.335 e. The van der Waals surface area contributed by atoms with Crippen LogP contribution in [0.25, 0.3) is 5.69 Å². The van der Waals surface area contributed by atoms with E-state index in [1.165, 1.54) is 60.3 Å². The summed E-state index contributed by atoms with van der Waals surface area (Å²) < 4.78 is 59.9. The Balaban J connectivity index is 1.48. The molecule has 0 aliphatic rings. The van der Waals surface area contributed by atoms with Gasteiger partial charge in [0.25, 0.3) is 27.4 Å². The summed E-state index contributed by atoms with van der Waals surface area (Å²) in [6, 6.07) is 11.1. The van der Waals surface area contributed by atoms with Crippen LogP contribution in [-0.2, 0) is 28.3 Å². The summed E-state index contributed by atoms with van der Waals surface area (Å²) in [6.45, 7) is 5.32. The molecule has 252 valence electrons. The van der Waals surface area contributed by atoms with Gasteiger partial charge in [-0.25, -0.2) is 31.4 Å². The van der Waals surface area contributed by atoms with E-state index < -0.39 is 73.5 Å². The van der Waals surface area contributed by atoms with Crippen molar-refractivity contribution in [1.29, 1.82) is 0 Å². The number of hydrogen-bond donors (Lipinski definition) is 4. The summed E-state index contributed by atoms with van der Waals surface area (Å²) in [5.74, 6) is -6.31. The molecule has 3 aromatic carbocycles. The van der Waals surface area contributed by atoms with Gasteiger partial charge in [-0.3, -0.25) is 19.1 Å². The van der Waals surface area contributed by atoms with Crippen LogP contribution in [0.15, 0.2) is 87.4 Å². The standard InChI is InChI=1S/C32H31F2N5O8S/c1-32(2,3)36-28(41)19-7-11-22(12-8-19)48(46,47)37-20-16-23(33)27(24(34)17-20)29(42)35-25(30(43)44)15-18-5-9-21(10-6-18)39-26(40)13-14-38(4)31(39)45/h5-14,16-17,25,37H,15H2,1-4H3,(H,35,42)(H,36,41)(H,43,44)/t25-/m0/s1. The third kappa shape index (κ3) is 8.19. The Bertz CT molecular complexity index is 2100. The lowest BCUT2D eigenvalue weighted by Crippen LogP contribution is -2.43. The molecule has 0 aliphatic carbocycles. The van der Waals surface area contributed by atoms with E-state index in [-0.39, 0.29) is 22.6 Å². The van der Waals surface area contributed by atoms with Crippen molar-refractivity contribution in [2.45, 2.75) is 43.7 Å². The van der Waals surface area contributed by atoms with Crippen LogP contribution in [0.5, 0.6) is 0 Å². The van der Waals surface area contributed by atoms with E-state index >= 15 is 8.78 Å². The Kier molecular flexibility index (Phi) is 9.99. The summed E-state index contributed by atoms with van der Waals surface area (Å²) in [6.07, 6.45) is 0.978. The van der Waals surface area contributed by atoms with E-state index in [4.69, 9.17) is 0 Å². The number of anilines is 1. The number of benzene rings is 3. The fourth-order valence-corrected chi connectivity index (χ4v) is 5.55. The van der Waals surface area contributed by atoms with E-state index in [9.17, 15) is 37.5 Å². The van der Waals surface area contributed by atoms with Crippen molar-refractivity contribution in [1.82, 2.24) is 19.8 Å². The zero-order valence-electron chi connectivity index (χ0n) is 26.1. The van der Waals surface area contributed by atoms with Gasteiger partial charge in [-0.2, -0.15) is 0 Å². The lowest BCUT2D eigenvalue weighted by atomic mass is 10.0.